The van der Waals surface area contributed by atoms with Crippen molar-refractivity contribution in [1.29, 1.82) is 0 Å². The fourth-order valence-corrected chi connectivity index (χ4v) is 9.02. The molecule has 0 spiro atoms. The molecule has 0 saturated heterocycles. The third-order valence-corrected chi connectivity index (χ3v) is 10.3. The van der Waals surface area contributed by atoms with Gasteiger partial charge in [0.1, 0.15) is 5.92 Å². The van der Waals surface area contributed by atoms with Crippen LogP contribution in [0.4, 0.5) is 0 Å². The number of hydrogen-bond acceptors (Lipinski definition) is 0. The van der Waals surface area contributed by atoms with E-state index in [1.165, 1.54) is 69.8 Å². The van der Waals surface area contributed by atoms with Crippen molar-refractivity contribution >= 4 is 0 Å². The average molecular weight is 370 g/mol. The maximum atomic E-state index is 4.34. The Morgan fingerprint density at radius 3 is 2.15 bits per heavy atom. The molecule has 4 rings (SSSR count). The van der Waals surface area contributed by atoms with Crippen LogP contribution in [0.25, 0.3) is 0 Å². The summed E-state index contributed by atoms with van der Waals surface area (Å²) in [5.41, 5.74) is 3.19. The van der Waals surface area contributed by atoms with Crippen LogP contribution in [0.5, 0.6) is 0 Å². The predicted molar refractivity (Wildman–Crippen MR) is 117 cm³/mol. The molecular formula is C27H45+. The lowest BCUT2D eigenvalue weighted by Crippen LogP contribution is -2.53. The van der Waals surface area contributed by atoms with E-state index in [0.29, 0.717) is 16.2 Å². The van der Waals surface area contributed by atoms with E-state index in [0.717, 1.165) is 29.6 Å². The number of allylic oxidation sites excluding steroid dienone is 1. The summed E-state index contributed by atoms with van der Waals surface area (Å²) in [5.74, 6) is 6.49. The highest BCUT2D eigenvalue weighted by molar-refractivity contribution is 5.15. The van der Waals surface area contributed by atoms with Crippen molar-refractivity contribution in [2.24, 2.45) is 45.8 Å². The molecule has 8 atom stereocenters. The molecule has 0 bridgehead atoms. The van der Waals surface area contributed by atoms with Crippen molar-refractivity contribution in [1.82, 2.24) is 0 Å². The van der Waals surface area contributed by atoms with Crippen molar-refractivity contribution in [3.63, 3.8) is 0 Å². The second-order valence-electron chi connectivity index (χ2n) is 12.6. The molecular weight excluding hydrogens is 324 g/mol. The van der Waals surface area contributed by atoms with Gasteiger partial charge in [0.25, 0.3) is 0 Å². The minimum absolute atomic E-state index is 0.579. The van der Waals surface area contributed by atoms with Gasteiger partial charge in [-0.05, 0) is 92.8 Å². The molecule has 0 amide bonds. The topological polar surface area (TPSA) is 0 Å². The summed E-state index contributed by atoms with van der Waals surface area (Å²) in [6.07, 6.45) is 14.6. The lowest BCUT2D eigenvalue weighted by molar-refractivity contribution is -0.115. The molecule has 0 heterocycles. The molecule has 27 heavy (non-hydrogen) atoms. The SMILES string of the molecule is C=C(C)C1CC2CC3CC4CC(CCC)[C+](C)CC4(C)CC3(C)CC2(C)C1. The summed E-state index contributed by atoms with van der Waals surface area (Å²) in [6.45, 7) is 19.5. The van der Waals surface area contributed by atoms with E-state index in [1.54, 1.807) is 0 Å². The van der Waals surface area contributed by atoms with E-state index in [1.807, 2.05) is 5.92 Å². The summed E-state index contributed by atoms with van der Waals surface area (Å²) in [6, 6.07) is 0. The molecule has 0 aromatic rings. The van der Waals surface area contributed by atoms with Gasteiger partial charge >= 0.3 is 0 Å². The molecule has 4 saturated carbocycles. The fourth-order valence-electron chi connectivity index (χ4n) is 9.02. The van der Waals surface area contributed by atoms with Crippen LogP contribution in [0.3, 0.4) is 0 Å². The van der Waals surface area contributed by atoms with Crippen molar-refractivity contribution in [3.05, 3.63) is 18.1 Å². The molecule has 4 aliphatic carbocycles. The van der Waals surface area contributed by atoms with Gasteiger partial charge in [-0.15, -0.1) is 0 Å². The summed E-state index contributed by atoms with van der Waals surface area (Å²) in [5, 5.41) is 0. The van der Waals surface area contributed by atoms with Gasteiger partial charge < -0.3 is 0 Å². The molecule has 4 aliphatic rings. The van der Waals surface area contributed by atoms with E-state index in [-0.39, 0.29) is 0 Å². The number of fused-ring (bicyclic) bond motifs is 3. The normalized spacial score (nSPS) is 52.1. The Balaban J connectivity index is 1.56. The van der Waals surface area contributed by atoms with Gasteiger partial charge in [0.05, 0.1) is 19.3 Å². The minimum Gasteiger partial charge on any atom is -0.0999 e. The van der Waals surface area contributed by atoms with Gasteiger partial charge in [-0.25, -0.2) is 0 Å². The summed E-state index contributed by atoms with van der Waals surface area (Å²) in [7, 11) is 0. The van der Waals surface area contributed by atoms with Crippen LogP contribution in [-0.2, 0) is 0 Å². The Labute approximate surface area is 170 Å². The monoisotopic (exact) mass is 369 g/mol. The maximum Gasteiger partial charge on any atom is 0.100 e. The Kier molecular flexibility index (Phi) is 4.84. The first-order valence-electron chi connectivity index (χ1n) is 12.1. The molecule has 0 aromatic heterocycles. The standard InChI is InChI=1S/C27H45/c1-8-9-20-10-22-12-24-13-23-11-21(18(2)3)15-26(23,6)17-27(24,7)16-25(22,5)14-19(20)4/h20-24H,2,8-17H2,1,3-7H3/q+1. The third kappa shape index (κ3) is 3.22. The van der Waals surface area contributed by atoms with E-state index < -0.39 is 0 Å². The largest absolute Gasteiger partial charge is 0.100 e. The third-order valence-electron chi connectivity index (χ3n) is 10.3. The molecule has 0 aromatic carbocycles. The Hall–Kier alpha value is -0.390. The second-order valence-corrected chi connectivity index (χ2v) is 12.6. The molecule has 4 fully saturated rings. The maximum absolute atomic E-state index is 4.34. The van der Waals surface area contributed by atoms with Gasteiger partial charge in [0, 0.05) is 5.41 Å². The molecule has 0 N–H and O–H groups in total. The molecule has 152 valence electrons. The lowest BCUT2D eigenvalue weighted by Gasteiger charge is -2.61. The first-order chi connectivity index (χ1) is 12.6. The first kappa shape index (κ1) is 19.9. The van der Waals surface area contributed by atoms with Crippen molar-refractivity contribution < 1.29 is 0 Å². The molecule has 0 heteroatoms. The van der Waals surface area contributed by atoms with Crippen LogP contribution in [0.1, 0.15) is 106 Å². The minimum atomic E-state index is 0.579. The Morgan fingerprint density at radius 2 is 1.52 bits per heavy atom. The quantitative estimate of drug-likeness (QED) is 0.347. The van der Waals surface area contributed by atoms with Crippen LogP contribution in [0, 0.1) is 51.8 Å². The number of hydrogen-bond donors (Lipinski definition) is 0. The van der Waals surface area contributed by atoms with Crippen LogP contribution < -0.4 is 0 Å². The summed E-state index contributed by atoms with van der Waals surface area (Å²) < 4.78 is 0. The van der Waals surface area contributed by atoms with Crippen molar-refractivity contribution in [2.75, 3.05) is 0 Å². The van der Waals surface area contributed by atoms with E-state index in [2.05, 4.69) is 48.1 Å². The summed E-state index contributed by atoms with van der Waals surface area (Å²) in [4.78, 5) is 0. The zero-order valence-corrected chi connectivity index (χ0v) is 19.2. The second kappa shape index (κ2) is 6.56. The average Bonchev–Trinajstić information content (AvgIpc) is 2.87. The van der Waals surface area contributed by atoms with Crippen LogP contribution >= 0.6 is 0 Å². The number of rotatable bonds is 3. The van der Waals surface area contributed by atoms with Gasteiger partial charge in [0.2, 0.25) is 0 Å². The fraction of sp³-hybridized carbons (Fsp3) is 0.889. The van der Waals surface area contributed by atoms with Crippen molar-refractivity contribution in [3.8, 4) is 0 Å². The van der Waals surface area contributed by atoms with Gasteiger partial charge in [-0.1, -0.05) is 46.3 Å². The van der Waals surface area contributed by atoms with Crippen LogP contribution in [0.15, 0.2) is 12.2 Å². The van der Waals surface area contributed by atoms with E-state index in [9.17, 15) is 0 Å². The highest BCUT2D eigenvalue weighted by Crippen LogP contribution is 2.70. The van der Waals surface area contributed by atoms with E-state index >= 15 is 0 Å². The first-order valence-corrected chi connectivity index (χ1v) is 12.1. The Morgan fingerprint density at radius 1 is 0.926 bits per heavy atom. The van der Waals surface area contributed by atoms with Gasteiger partial charge in [-0.2, -0.15) is 0 Å². The van der Waals surface area contributed by atoms with Crippen LogP contribution in [-0.4, -0.2) is 0 Å². The molecule has 0 aliphatic heterocycles. The zero-order chi connectivity index (χ0) is 19.6. The molecule has 8 unspecified atom stereocenters. The van der Waals surface area contributed by atoms with E-state index in [4.69, 9.17) is 0 Å². The smallest absolute Gasteiger partial charge is 0.0999 e. The zero-order valence-electron chi connectivity index (χ0n) is 19.2. The van der Waals surface area contributed by atoms with Crippen LogP contribution in [0.2, 0.25) is 0 Å². The molecule has 0 nitrogen and oxygen atoms in total. The van der Waals surface area contributed by atoms with Gasteiger partial charge in [0.15, 0.2) is 0 Å². The molecule has 0 radical (unpaired) electrons. The highest BCUT2D eigenvalue weighted by atomic mass is 14.6. The van der Waals surface area contributed by atoms with Gasteiger partial charge in [-0.3, -0.25) is 0 Å². The lowest BCUT2D eigenvalue weighted by atomic mass is 9.42. The highest BCUT2D eigenvalue weighted by Gasteiger charge is 2.62. The predicted octanol–water partition coefficient (Wildman–Crippen LogP) is 8.23. The van der Waals surface area contributed by atoms with Crippen molar-refractivity contribution in [2.45, 2.75) is 106 Å². The summed E-state index contributed by atoms with van der Waals surface area (Å²) >= 11 is 0. The Bertz CT molecular complexity index is 589.